The van der Waals surface area contributed by atoms with E-state index in [2.05, 4.69) is 11.4 Å². The summed E-state index contributed by atoms with van der Waals surface area (Å²) in [6.07, 6.45) is 0. The molecular formula is C16H14ClNOS. The van der Waals surface area contributed by atoms with Gasteiger partial charge in [0.25, 0.3) is 0 Å². The SMILES string of the molecule is CNc1ccc(OCc2sc3ccccc3c2Cl)cc1. The molecule has 4 heteroatoms. The maximum Gasteiger partial charge on any atom is 0.124 e. The van der Waals surface area contributed by atoms with Gasteiger partial charge in [0.15, 0.2) is 0 Å². The molecular weight excluding hydrogens is 290 g/mol. The lowest BCUT2D eigenvalue weighted by Crippen LogP contribution is -1.94. The van der Waals surface area contributed by atoms with Crippen molar-refractivity contribution in [2.75, 3.05) is 12.4 Å². The van der Waals surface area contributed by atoms with Crippen molar-refractivity contribution in [1.82, 2.24) is 0 Å². The van der Waals surface area contributed by atoms with Gasteiger partial charge in [0, 0.05) is 22.8 Å². The molecule has 0 aliphatic heterocycles. The van der Waals surface area contributed by atoms with Crippen molar-refractivity contribution in [2.45, 2.75) is 6.61 Å². The highest BCUT2D eigenvalue weighted by Crippen LogP contribution is 2.35. The summed E-state index contributed by atoms with van der Waals surface area (Å²) in [7, 11) is 1.90. The molecule has 0 amide bonds. The Kier molecular flexibility index (Phi) is 3.81. The summed E-state index contributed by atoms with van der Waals surface area (Å²) in [6.45, 7) is 0.497. The molecule has 1 N–H and O–H groups in total. The van der Waals surface area contributed by atoms with Crippen molar-refractivity contribution < 1.29 is 4.74 Å². The summed E-state index contributed by atoms with van der Waals surface area (Å²) in [4.78, 5) is 1.06. The highest BCUT2D eigenvalue weighted by molar-refractivity contribution is 7.19. The molecule has 1 aromatic heterocycles. The second-order valence-corrected chi connectivity index (χ2v) is 5.91. The lowest BCUT2D eigenvalue weighted by atomic mass is 10.2. The molecule has 102 valence electrons. The topological polar surface area (TPSA) is 21.3 Å². The van der Waals surface area contributed by atoms with Crippen molar-refractivity contribution in [2.24, 2.45) is 0 Å². The molecule has 1 heterocycles. The van der Waals surface area contributed by atoms with Gasteiger partial charge < -0.3 is 10.1 Å². The summed E-state index contributed by atoms with van der Waals surface area (Å²) in [5.74, 6) is 0.845. The second-order valence-electron chi connectivity index (χ2n) is 4.40. The molecule has 0 bridgehead atoms. The maximum absolute atomic E-state index is 6.39. The molecule has 0 saturated heterocycles. The Bertz CT molecular complexity index is 721. The van der Waals surface area contributed by atoms with Crippen LogP contribution < -0.4 is 10.1 Å². The normalized spacial score (nSPS) is 10.7. The summed E-state index contributed by atoms with van der Waals surface area (Å²) < 4.78 is 7.00. The van der Waals surface area contributed by atoms with Gasteiger partial charge in [-0.1, -0.05) is 29.8 Å². The van der Waals surface area contributed by atoms with Crippen LogP contribution in [0.1, 0.15) is 4.88 Å². The quantitative estimate of drug-likeness (QED) is 0.717. The van der Waals surface area contributed by atoms with E-state index in [0.29, 0.717) is 6.61 Å². The molecule has 3 aromatic rings. The van der Waals surface area contributed by atoms with Crippen LogP contribution >= 0.6 is 22.9 Å². The molecule has 0 saturated carbocycles. The molecule has 0 radical (unpaired) electrons. The van der Waals surface area contributed by atoms with Gasteiger partial charge in [0.1, 0.15) is 12.4 Å². The fourth-order valence-electron chi connectivity index (χ4n) is 2.02. The average molecular weight is 304 g/mol. The summed E-state index contributed by atoms with van der Waals surface area (Å²) in [5, 5.41) is 4.98. The number of thiophene rings is 1. The monoisotopic (exact) mass is 303 g/mol. The van der Waals surface area contributed by atoms with Crippen LogP contribution in [0.5, 0.6) is 5.75 Å². The van der Waals surface area contributed by atoms with Crippen LogP contribution in [-0.4, -0.2) is 7.05 Å². The number of nitrogens with one attached hydrogen (secondary N) is 1. The van der Waals surface area contributed by atoms with Gasteiger partial charge in [-0.25, -0.2) is 0 Å². The maximum atomic E-state index is 6.39. The highest BCUT2D eigenvalue weighted by atomic mass is 35.5. The largest absolute Gasteiger partial charge is 0.488 e. The van der Waals surface area contributed by atoms with Crippen LogP contribution in [0.3, 0.4) is 0 Å². The number of hydrogen-bond donors (Lipinski definition) is 1. The smallest absolute Gasteiger partial charge is 0.124 e. The number of ether oxygens (including phenoxy) is 1. The first-order chi connectivity index (χ1) is 9.78. The molecule has 3 rings (SSSR count). The van der Waals surface area contributed by atoms with E-state index in [1.165, 1.54) is 4.70 Å². The molecule has 0 aliphatic rings. The Labute approximate surface area is 127 Å². The lowest BCUT2D eigenvalue weighted by Gasteiger charge is -2.06. The first-order valence-electron chi connectivity index (χ1n) is 6.34. The van der Waals surface area contributed by atoms with E-state index in [4.69, 9.17) is 16.3 Å². The van der Waals surface area contributed by atoms with Crippen LogP contribution in [0, 0.1) is 0 Å². The van der Waals surface area contributed by atoms with E-state index in [-0.39, 0.29) is 0 Å². The number of fused-ring (bicyclic) bond motifs is 1. The van der Waals surface area contributed by atoms with Gasteiger partial charge in [-0.15, -0.1) is 11.3 Å². The molecule has 20 heavy (non-hydrogen) atoms. The van der Waals surface area contributed by atoms with E-state index in [1.807, 2.05) is 49.5 Å². The van der Waals surface area contributed by atoms with Gasteiger partial charge in [-0.3, -0.25) is 0 Å². The fraction of sp³-hybridized carbons (Fsp3) is 0.125. The summed E-state index contributed by atoms with van der Waals surface area (Å²) in [6, 6.07) is 16.0. The second kappa shape index (κ2) is 5.73. The van der Waals surface area contributed by atoms with Gasteiger partial charge in [-0.2, -0.15) is 0 Å². The zero-order valence-electron chi connectivity index (χ0n) is 11.0. The fourth-order valence-corrected chi connectivity index (χ4v) is 3.42. The zero-order chi connectivity index (χ0) is 13.9. The predicted octanol–water partition coefficient (Wildman–Crippen LogP) is 5.18. The van der Waals surface area contributed by atoms with Crippen molar-refractivity contribution in [3.63, 3.8) is 0 Å². The minimum absolute atomic E-state index is 0.497. The van der Waals surface area contributed by atoms with Crippen molar-refractivity contribution in [3.8, 4) is 5.75 Å². The molecule has 0 unspecified atom stereocenters. The lowest BCUT2D eigenvalue weighted by molar-refractivity contribution is 0.310. The van der Waals surface area contributed by atoms with Crippen molar-refractivity contribution in [1.29, 1.82) is 0 Å². The number of rotatable bonds is 4. The Hall–Kier alpha value is -1.71. The van der Waals surface area contributed by atoms with Crippen LogP contribution in [0.25, 0.3) is 10.1 Å². The standard InChI is InChI=1S/C16H14ClNOS/c1-18-11-6-8-12(9-7-11)19-10-15-16(17)13-4-2-3-5-14(13)20-15/h2-9,18H,10H2,1H3. The van der Waals surface area contributed by atoms with Gasteiger partial charge in [-0.05, 0) is 30.3 Å². The van der Waals surface area contributed by atoms with Crippen molar-refractivity contribution in [3.05, 3.63) is 58.4 Å². The van der Waals surface area contributed by atoms with Crippen LogP contribution in [0.4, 0.5) is 5.69 Å². The third kappa shape index (κ3) is 2.60. The van der Waals surface area contributed by atoms with E-state index in [1.54, 1.807) is 11.3 Å². The Morgan fingerprint density at radius 3 is 2.55 bits per heavy atom. The highest BCUT2D eigenvalue weighted by Gasteiger charge is 2.10. The minimum Gasteiger partial charge on any atom is -0.488 e. The molecule has 0 aliphatic carbocycles. The van der Waals surface area contributed by atoms with Gasteiger partial charge >= 0.3 is 0 Å². The Morgan fingerprint density at radius 2 is 1.85 bits per heavy atom. The van der Waals surface area contributed by atoms with E-state index in [9.17, 15) is 0 Å². The van der Waals surface area contributed by atoms with E-state index in [0.717, 1.165) is 26.7 Å². The first-order valence-corrected chi connectivity index (χ1v) is 7.54. The number of hydrogen-bond acceptors (Lipinski definition) is 3. The zero-order valence-corrected chi connectivity index (χ0v) is 12.6. The third-order valence-corrected chi connectivity index (χ3v) is 4.80. The van der Waals surface area contributed by atoms with E-state index < -0.39 is 0 Å². The number of benzene rings is 2. The summed E-state index contributed by atoms with van der Waals surface area (Å²) >= 11 is 8.07. The van der Waals surface area contributed by atoms with Gasteiger partial charge in [0.05, 0.1) is 9.90 Å². The predicted molar refractivity (Wildman–Crippen MR) is 87.2 cm³/mol. The van der Waals surface area contributed by atoms with Crippen LogP contribution in [0.15, 0.2) is 48.5 Å². The Morgan fingerprint density at radius 1 is 1.10 bits per heavy atom. The first kappa shape index (κ1) is 13.3. The molecule has 2 aromatic carbocycles. The molecule has 0 fully saturated rings. The third-order valence-electron chi connectivity index (χ3n) is 3.11. The van der Waals surface area contributed by atoms with E-state index >= 15 is 0 Å². The van der Waals surface area contributed by atoms with Crippen LogP contribution in [0.2, 0.25) is 5.02 Å². The Balaban J connectivity index is 1.77. The minimum atomic E-state index is 0.497. The molecule has 0 atom stereocenters. The van der Waals surface area contributed by atoms with Crippen LogP contribution in [-0.2, 0) is 6.61 Å². The number of anilines is 1. The average Bonchev–Trinajstić information content (AvgIpc) is 2.83. The van der Waals surface area contributed by atoms with Crippen molar-refractivity contribution >= 4 is 38.7 Å². The molecule has 0 spiro atoms. The summed E-state index contributed by atoms with van der Waals surface area (Å²) in [5.41, 5.74) is 1.07. The molecule has 2 nitrogen and oxygen atoms in total. The number of halogens is 1. The van der Waals surface area contributed by atoms with Gasteiger partial charge in [0.2, 0.25) is 0 Å².